The van der Waals surface area contributed by atoms with Gasteiger partial charge in [-0.15, -0.1) is 0 Å². The Balaban J connectivity index is 1.44. The number of hydrogen-bond acceptors (Lipinski definition) is 2. The summed E-state index contributed by atoms with van der Waals surface area (Å²) in [6.07, 6.45) is 3.89. The van der Waals surface area contributed by atoms with E-state index in [9.17, 15) is 0 Å². The Morgan fingerprint density at radius 3 is 2.71 bits per heavy atom. The van der Waals surface area contributed by atoms with Gasteiger partial charge in [0.05, 0.1) is 6.61 Å². The molecule has 2 atom stereocenters. The maximum atomic E-state index is 5.70. The second-order valence-electron chi connectivity index (χ2n) is 7.22. The van der Waals surface area contributed by atoms with Crippen molar-refractivity contribution in [3.05, 3.63) is 35.9 Å². The van der Waals surface area contributed by atoms with Gasteiger partial charge in [-0.25, -0.2) is 0 Å². The highest BCUT2D eigenvalue weighted by atomic mass is 16.5. The van der Waals surface area contributed by atoms with Crippen molar-refractivity contribution in [2.75, 3.05) is 39.9 Å². The quantitative estimate of drug-likeness (QED) is 0.495. The zero-order chi connectivity index (χ0) is 16.8. The van der Waals surface area contributed by atoms with Crippen LogP contribution in [0, 0.1) is 11.8 Å². The van der Waals surface area contributed by atoms with Crippen LogP contribution in [0.15, 0.2) is 35.3 Å². The monoisotopic (exact) mass is 329 g/mol. The number of piperidine rings is 1. The summed E-state index contributed by atoms with van der Waals surface area (Å²) in [7, 11) is 1.88. The molecule has 0 aromatic heterocycles. The van der Waals surface area contributed by atoms with Crippen LogP contribution in [0.1, 0.15) is 37.7 Å². The number of aliphatic imine (C=N–C) groups is 1. The first-order valence-electron chi connectivity index (χ1n) is 9.36. The number of ether oxygens (including phenoxy) is 1. The first-order valence-corrected chi connectivity index (χ1v) is 9.36. The smallest absolute Gasteiger partial charge is 0.193 e. The van der Waals surface area contributed by atoms with Crippen LogP contribution >= 0.6 is 0 Å². The summed E-state index contributed by atoms with van der Waals surface area (Å²) < 4.78 is 5.70. The average molecular weight is 329 g/mol. The fourth-order valence-electron chi connectivity index (χ4n) is 3.64. The number of hydrogen-bond donors (Lipinski definition) is 1. The Morgan fingerprint density at radius 1 is 1.25 bits per heavy atom. The van der Waals surface area contributed by atoms with Crippen molar-refractivity contribution in [1.82, 2.24) is 10.2 Å². The molecule has 4 nitrogen and oxygen atoms in total. The third kappa shape index (κ3) is 4.73. The van der Waals surface area contributed by atoms with Crippen molar-refractivity contribution in [3.63, 3.8) is 0 Å². The molecule has 0 amide bonds. The number of likely N-dealkylation sites (tertiary alicyclic amines) is 1. The summed E-state index contributed by atoms with van der Waals surface area (Å²) in [6, 6.07) is 10.9. The van der Waals surface area contributed by atoms with E-state index in [1.807, 2.05) is 7.05 Å². The second-order valence-corrected chi connectivity index (χ2v) is 7.22. The molecule has 1 saturated carbocycles. The summed E-state index contributed by atoms with van der Waals surface area (Å²) in [4.78, 5) is 6.86. The molecular weight excluding hydrogens is 298 g/mol. The van der Waals surface area contributed by atoms with Crippen LogP contribution in [0.5, 0.6) is 0 Å². The molecule has 2 unspecified atom stereocenters. The normalized spacial score (nSPS) is 24.9. The Kier molecular flexibility index (Phi) is 6.13. The standard InChI is InChI=1S/C20H31N3O/c1-16-14-23(12-10-19(16)18-6-4-3-5-7-18)20(21-2)22-11-13-24-15-17-8-9-17/h3-7,16-17,19H,8-15H2,1-2H3,(H,21,22). The molecule has 4 heteroatoms. The van der Waals surface area contributed by atoms with Gasteiger partial charge in [0, 0.05) is 33.3 Å². The highest BCUT2D eigenvalue weighted by molar-refractivity contribution is 5.80. The van der Waals surface area contributed by atoms with Gasteiger partial charge in [-0.2, -0.15) is 0 Å². The molecule has 0 spiro atoms. The van der Waals surface area contributed by atoms with Crippen molar-refractivity contribution >= 4 is 5.96 Å². The van der Waals surface area contributed by atoms with E-state index in [0.29, 0.717) is 11.8 Å². The largest absolute Gasteiger partial charge is 0.379 e. The van der Waals surface area contributed by atoms with Crippen LogP contribution in [0.3, 0.4) is 0 Å². The van der Waals surface area contributed by atoms with Crippen LogP contribution in [0.25, 0.3) is 0 Å². The minimum Gasteiger partial charge on any atom is -0.379 e. The summed E-state index contributed by atoms with van der Waals surface area (Å²) in [5.41, 5.74) is 1.47. The van der Waals surface area contributed by atoms with Crippen molar-refractivity contribution in [2.24, 2.45) is 16.8 Å². The summed E-state index contributed by atoms with van der Waals surface area (Å²) in [5, 5.41) is 3.46. The van der Waals surface area contributed by atoms with E-state index in [1.165, 1.54) is 24.8 Å². The van der Waals surface area contributed by atoms with E-state index in [0.717, 1.165) is 44.7 Å². The molecule has 1 aliphatic heterocycles. The highest BCUT2D eigenvalue weighted by Gasteiger charge is 2.28. The Labute approximate surface area is 146 Å². The molecule has 1 aromatic rings. The van der Waals surface area contributed by atoms with Crippen molar-refractivity contribution in [2.45, 2.75) is 32.1 Å². The Bertz CT molecular complexity index is 527. The third-order valence-electron chi connectivity index (χ3n) is 5.22. The number of nitrogens with one attached hydrogen (secondary N) is 1. The van der Waals surface area contributed by atoms with Crippen molar-refractivity contribution in [3.8, 4) is 0 Å². The lowest BCUT2D eigenvalue weighted by molar-refractivity contribution is 0.128. The number of nitrogens with zero attached hydrogens (tertiary/aromatic N) is 2. The number of guanidine groups is 1. The topological polar surface area (TPSA) is 36.9 Å². The minimum atomic E-state index is 0.630. The number of rotatable bonds is 6. The predicted octanol–water partition coefficient (Wildman–Crippen LogP) is 3.11. The van der Waals surface area contributed by atoms with Gasteiger partial charge in [-0.3, -0.25) is 4.99 Å². The zero-order valence-electron chi connectivity index (χ0n) is 15.1. The molecule has 0 bridgehead atoms. The molecule has 2 fully saturated rings. The zero-order valence-corrected chi connectivity index (χ0v) is 15.1. The lowest BCUT2D eigenvalue weighted by atomic mass is 9.82. The van der Waals surface area contributed by atoms with E-state index < -0.39 is 0 Å². The van der Waals surface area contributed by atoms with Gasteiger partial charge in [-0.1, -0.05) is 37.3 Å². The van der Waals surface area contributed by atoms with Crippen LogP contribution in [0.2, 0.25) is 0 Å². The molecule has 1 aliphatic carbocycles. The van der Waals surface area contributed by atoms with Crippen LogP contribution in [-0.4, -0.2) is 50.8 Å². The van der Waals surface area contributed by atoms with E-state index in [2.05, 4.69) is 52.5 Å². The van der Waals surface area contributed by atoms with E-state index in [-0.39, 0.29) is 0 Å². The molecule has 132 valence electrons. The minimum absolute atomic E-state index is 0.630. The van der Waals surface area contributed by atoms with Gasteiger partial charge in [0.2, 0.25) is 0 Å². The molecule has 3 rings (SSSR count). The summed E-state index contributed by atoms with van der Waals surface area (Å²) in [5.74, 6) is 3.14. The van der Waals surface area contributed by atoms with Crippen LogP contribution in [0.4, 0.5) is 0 Å². The first-order chi connectivity index (χ1) is 11.8. The summed E-state index contributed by atoms with van der Waals surface area (Å²) in [6.45, 7) is 7.02. The summed E-state index contributed by atoms with van der Waals surface area (Å²) >= 11 is 0. The molecule has 0 radical (unpaired) electrons. The fraction of sp³-hybridized carbons (Fsp3) is 0.650. The van der Waals surface area contributed by atoms with E-state index in [4.69, 9.17) is 4.74 Å². The third-order valence-corrected chi connectivity index (χ3v) is 5.22. The molecule has 24 heavy (non-hydrogen) atoms. The van der Waals surface area contributed by atoms with E-state index >= 15 is 0 Å². The van der Waals surface area contributed by atoms with Crippen molar-refractivity contribution < 1.29 is 4.74 Å². The molecule has 2 aliphatic rings. The lowest BCUT2D eigenvalue weighted by Gasteiger charge is -2.38. The van der Waals surface area contributed by atoms with Gasteiger partial charge >= 0.3 is 0 Å². The highest BCUT2D eigenvalue weighted by Crippen LogP contribution is 2.32. The molecule has 1 saturated heterocycles. The van der Waals surface area contributed by atoms with Gasteiger partial charge in [0.1, 0.15) is 0 Å². The second kappa shape index (κ2) is 8.52. The number of benzene rings is 1. The molecule has 1 heterocycles. The van der Waals surface area contributed by atoms with Crippen LogP contribution in [-0.2, 0) is 4.74 Å². The van der Waals surface area contributed by atoms with Gasteiger partial charge in [0.15, 0.2) is 5.96 Å². The average Bonchev–Trinajstić information content (AvgIpc) is 3.43. The Morgan fingerprint density at radius 2 is 2.04 bits per heavy atom. The molecule has 1 N–H and O–H groups in total. The maximum absolute atomic E-state index is 5.70. The SMILES string of the molecule is CN=C(NCCOCC1CC1)N1CCC(c2ccccc2)C(C)C1. The Hall–Kier alpha value is -1.55. The first kappa shape index (κ1) is 17.3. The fourth-order valence-corrected chi connectivity index (χ4v) is 3.64. The van der Waals surface area contributed by atoms with Crippen molar-refractivity contribution in [1.29, 1.82) is 0 Å². The maximum Gasteiger partial charge on any atom is 0.193 e. The molecule has 1 aromatic carbocycles. The van der Waals surface area contributed by atoms with Gasteiger partial charge in [-0.05, 0) is 42.6 Å². The van der Waals surface area contributed by atoms with Crippen LogP contribution < -0.4 is 5.32 Å². The lowest BCUT2D eigenvalue weighted by Crippen LogP contribution is -2.48. The van der Waals surface area contributed by atoms with E-state index in [1.54, 1.807) is 0 Å². The van der Waals surface area contributed by atoms with Gasteiger partial charge < -0.3 is 15.0 Å². The predicted molar refractivity (Wildman–Crippen MR) is 99.4 cm³/mol. The molecular formula is C20H31N3O. The van der Waals surface area contributed by atoms with Gasteiger partial charge in [0.25, 0.3) is 0 Å².